The molecular formula is C11H11NS. The summed E-state index contributed by atoms with van der Waals surface area (Å²) in [5.74, 6) is 0.890. The van der Waals surface area contributed by atoms with E-state index in [1.807, 2.05) is 12.4 Å². The van der Waals surface area contributed by atoms with Crippen LogP contribution in [0.25, 0.3) is 10.8 Å². The summed E-state index contributed by atoms with van der Waals surface area (Å²) < 4.78 is 0. The number of nitrogens with zero attached hydrogens (tertiary/aromatic N) is 1. The second-order valence-corrected chi connectivity index (χ2v) is 3.43. The lowest BCUT2D eigenvalue weighted by atomic mass is 10.1. The highest BCUT2D eigenvalue weighted by Gasteiger charge is 1.98. The molecule has 0 atom stereocenters. The van der Waals surface area contributed by atoms with E-state index in [1.54, 1.807) is 0 Å². The smallest absolute Gasteiger partial charge is 0.0346 e. The molecule has 2 heteroatoms. The van der Waals surface area contributed by atoms with Crippen LogP contribution in [0.2, 0.25) is 0 Å². The van der Waals surface area contributed by atoms with Gasteiger partial charge in [-0.2, -0.15) is 12.6 Å². The second kappa shape index (κ2) is 3.79. The standard InChI is InChI=1S/C11H11NS/c13-7-5-9-2-1-3-10-8-12-6-4-11(9)10/h1-4,6,8,13H,5,7H2. The third-order valence-corrected chi connectivity index (χ3v) is 2.38. The average molecular weight is 189 g/mol. The summed E-state index contributed by atoms with van der Waals surface area (Å²) in [4.78, 5) is 4.10. The molecule has 2 rings (SSSR count). The number of thiol groups is 1. The molecule has 1 aromatic heterocycles. The largest absolute Gasteiger partial charge is 0.264 e. The summed E-state index contributed by atoms with van der Waals surface area (Å²) in [5.41, 5.74) is 1.36. The predicted molar refractivity (Wildman–Crippen MR) is 59.3 cm³/mol. The fourth-order valence-electron chi connectivity index (χ4n) is 1.53. The number of benzene rings is 1. The molecule has 0 amide bonds. The first-order chi connectivity index (χ1) is 6.42. The zero-order valence-electron chi connectivity index (χ0n) is 7.27. The molecule has 13 heavy (non-hydrogen) atoms. The van der Waals surface area contributed by atoms with Gasteiger partial charge in [0.25, 0.3) is 0 Å². The molecule has 1 aromatic carbocycles. The zero-order valence-corrected chi connectivity index (χ0v) is 8.17. The van der Waals surface area contributed by atoms with Crippen molar-refractivity contribution in [3.05, 3.63) is 42.2 Å². The maximum atomic E-state index is 4.24. The van der Waals surface area contributed by atoms with Gasteiger partial charge < -0.3 is 0 Å². The number of aromatic nitrogens is 1. The summed E-state index contributed by atoms with van der Waals surface area (Å²) in [7, 11) is 0. The van der Waals surface area contributed by atoms with E-state index in [0.29, 0.717) is 0 Å². The number of aryl methyl sites for hydroxylation is 1. The van der Waals surface area contributed by atoms with E-state index < -0.39 is 0 Å². The molecule has 0 spiro atoms. The van der Waals surface area contributed by atoms with Crippen LogP contribution in [0.3, 0.4) is 0 Å². The molecule has 0 saturated carbocycles. The van der Waals surface area contributed by atoms with Crippen LogP contribution < -0.4 is 0 Å². The Bertz CT molecular complexity index is 406. The minimum atomic E-state index is 0.890. The summed E-state index contributed by atoms with van der Waals surface area (Å²) in [6.07, 6.45) is 4.76. The van der Waals surface area contributed by atoms with Crippen molar-refractivity contribution in [2.45, 2.75) is 6.42 Å². The number of hydrogen-bond donors (Lipinski definition) is 1. The first-order valence-corrected chi connectivity index (χ1v) is 4.97. The van der Waals surface area contributed by atoms with Gasteiger partial charge in [0.15, 0.2) is 0 Å². The molecule has 0 bridgehead atoms. The third-order valence-electron chi connectivity index (χ3n) is 2.15. The van der Waals surface area contributed by atoms with E-state index in [9.17, 15) is 0 Å². The monoisotopic (exact) mass is 189 g/mol. The summed E-state index contributed by atoms with van der Waals surface area (Å²) in [6, 6.07) is 8.37. The predicted octanol–water partition coefficient (Wildman–Crippen LogP) is 2.71. The first-order valence-electron chi connectivity index (χ1n) is 4.34. The highest BCUT2D eigenvalue weighted by atomic mass is 32.1. The molecular weight excluding hydrogens is 178 g/mol. The van der Waals surface area contributed by atoms with Crippen molar-refractivity contribution in [2.75, 3.05) is 5.75 Å². The minimum Gasteiger partial charge on any atom is -0.264 e. The van der Waals surface area contributed by atoms with Gasteiger partial charge in [-0.1, -0.05) is 18.2 Å². The lowest BCUT2D eigenvalue weighted by Crippen LogP contribution is -1.88. The topological polar surface area (TPSA) is 12.9 Å². The van der Waals surface area contributed by atoms with Gasteiger partial charge in [-0.05, 0) is 29.2 Å². The number of rotatable bonds is 2. The Morgan fingerprint density at radius 2 is 2.15 bits per heavy atom. The van der Waals surface area contributed by atoms with Gasteiger partial charge in [0.05, 0.1) is 0 Å². The fraction of sp³-hybridized carbons (Fsp3) is 0.182. The van der Waals surface area contributed by atoms with Crippen LogP contribution in [0.5, 0.6) is 0 Å². The molecule has 0 N–H and O–H groups in total. The Morgan fingerprint density at radius 1 is 1.23 bits per heavy atom. The molecule has 2 aromatic rings. The Hall–Kier alpha value is -1.02. The molecule has 66 valence electrons. The van der Waals surface area contributed by atoms with Gasteiger partial charge in [0.1, 0.15) is 0 Å². The maximum Gasteiger partial charge on any atom is 0.0346 e. The van der Waals surface area contributed by atoms with Crippen molar-refractivity contribution in [1.82, 2.24) is 4.98 Å². The molecule has 1 nitrogen and oxygen atoms in total. The second-order valence-electron chi connectivity index (χ2n) is 2.99. The van der Waals surface area contributed by atoms with Crippen LogP contribution in [0.15, 0.2) is 36.7 Å². The molecule has 0 unspecified atom stereocenters. The quantitative estimate of drug-likeness (QED) is 0.717. The molecule has 0 fully saturated rings. The van der Waals surface area contributed by atoms with Gasteiger partial charge in [-0.25, -0.2) is 0 Å². The molecule has 0 aliphatic heterocycles. The number of fused-ring (bicyclic) bond motifs is 1. The van der Waals surface area contributed by atoms with Crippen molar-refractivity contribution < 1.29 is 0 Å². The average Bonchev–Trinajstić information content (AvgIpc) is 2.19. The van der Waals surface area contributed by atoms with Crippen molar-refractivity contribution >= 4 is 23.4 Å². The van der Waals surface area contributed by atoms with E-state index in [0.717, 1.165) is 12.2 Å². The van der Waals surface area contributed by atoms with Crippen molar-refractivity contribution in [3.8, 4) is 0 Å². The minimum absolute atomic E-state index is 0.890. The van der Waals surface area contributed by atoms with E-state index in [4.69, 9.17) is 0 Å². The van der Waals surface area contributed by atoms with Crippen LogP contribution in [0.1, 0.15) is 5.56 Å². The third kappa shape index (κ3) is 1.68. The van der Waals surface area contributed by atoms with Crippen LogP contribution in [0.4, 0.5) is 0 Å². The van der Waals surface area contributed by atoms with Gasteiger partial charge in [0, 0.05) is 17.8 Å². The SMILES string of the molecule is SCCc1cccc2cnccc12. The Kier molecular flexibility index (Phi) is 2.50. The molecule has 0 saturated heterocycles. The Labute approximate surface area is 83.2 Å². The van der Waals surface area contributed by atoms with E-state index >= 15 is 0 Å². The van der Waals surface area contributed by atoms with Gasteiger partial charge in [0.2, 0.25) is 0 Å². The van der Waals surface area contributed by atoms with Crippen molar-refractivity contribution in [1.29, 1.82) is 0 Å². The van der Waals surface area contributed by atoms with Crippen LogP contribution >= 0.6 is 12.6 Å². The van der Waals surface area contributed by atoms with Crippen LogP contribution in [-0.4, -0.2) is 10.7 Å². The van der Waals surface area contributed by atoms with Crippen molar-refractivity contribution in [2.24, 2.45) is 0 Å². The number of pyridine rings is 1. The lowest BCUT2D eigenvalue weighted by Gasteiger charge is -2.03. The fourth-order valence-corrected chi connectivity index (χ4v) is 1.77. The van der Waals surface area contributed by atoms with Crippen LogP contribution in [-0.2, 0) is 6.42 Å². The number of hydrogen-bond acceptors (Lipinski definition) is 2. The summed E-state index contributed by atoms with van der Waals surface area (Å²) in [5, 5.41) is 2.51. The van der Waals surface area contributed by atoms with Gasteiger partial charge >= 0.3 is 0 Å². The zero-order chi connectivity index (χ0) is 9.10. The Morgan fingerprint density at radius 3 is 3.00 bits per heavy atom. The van der Waals surface area contributed by atoms with Gasteiger partial charge in [-0.3, -0.25) is 4.98 Å². The lowest BCUT2D eigenvalue weighted by molar-refractivity contribution is 1.18. The van der Waals surface area contributed by atoms with Crippen molar-refractivity contribution in [3.63, 3.8) is 0 Å². The van der Waals surface area contributed by atoms with E-state index in [-0.39, 0.29) is 0 Å². The summed E-state index contributed by atoms with van der Waals surface area (Å²) >= 11 is 4.24. The maximum absolute atomic E-state index is 4.24. The highest BCUT2D eigenvalue weighted by Crippen LogP contribution is 2.17. The normalized spacial score (nSPS) is 10.5. The Balaban J connectivity index is 2.61. The molecule has 0 aliphatic carbocycles. The van der Waals surface area contributed by atoms with E-state index in [1.165, 1.54) is 16.3 Å². The summed E-state index contributed by atoms with van der Waals surface area (Å²) in [6.45, 7) is 0. The van der Waals surface area contributed by atoms with Gasteiger partial charge in [-0.15, -0.1) is 0 Å². The molecule has 1 heterocycles. The first kappa shape index (κ1) is 8.57. The highest BCUT2D eigenvalue weighted by molar-refractivity contribution is 7.80. The molecule has 0 aliphatic rings. The molecule has 0 radical (unpaired) electrons. The van der Waals surface area contributed by atoms with E-state index in [2.05, 4.69) is 41.9 Å². The van der Waals surface area contributed by atoms with Crippen LogP contribution in [0, 0.1) is 0 Å².